The summed E-state index contributed by atoms with van der Waals surface area (Å²) in [6.45, 7) is 9.59. The summed E-state index contributed by atoms with van der Waals surface area (Å²) < 4.78 is 10.4. The summed E-state index contributed by atoms with van der Waals surface area (Å²) >= 11 is 0. The first-order chi connectivity index (χ1) is 16.5. The molecule has 11 heteroatoms. The second-order valence-electron chi connectivity index (χ2n) is 10.2. The molecule has 3 fully saturated rings. The average Bonchev–Trinajstić information content (AvgIpc) is 3.32. The monoisotopic (exact) mass is 733 g/mol. The van der Waals surface area contributed by atoms with Gasteiger partial charge in [-0.3, -0.25) is 0 Å². The van der Waals surface area contributed by atoms with Crippen molar-refractivity contribution < 1.29 is 89.0 Å². The minimum atomic E-state index is -0.773. The summed E-state index contributed by atoms with van der Waals surface area (Å²) in [4.78, 5) is 10.3. The van der Waals surface area contributed by atoms with Crippen molar-refractivity contribution in [1.29, 1.82) is 0 Å². The molecule has 0 spiro atoms. The predicted molar refractivity (Wildman–Crippen MR) is 130 cm³/mol. The number of aldehydes is 1. The molecule has 1 saturated carbocycles. The second-order valence-corrected chi connectivity index (χ2v) is 10.2. The number of nitrogens with one attached hydrogen (secondary N) is 1. The van der Waals surface area contributed by atoms with E-state index in [1.807, 2.05) is 27.7 Å². The smallest absolute Gasteiger partial charge is 0.151 e. The van der Waals surface area contributed by atoms with Crippen molar-refractivity contribution in [3.05, 3.63) is 5.73 Å². The zero-order valence-corrected chi connectivity index (χ0v) is 27.1. The minimum Gasteiger partial charge on any atom is -0.672 e. The van der Waals surface area contributed by atoms with E-state index in [0.29, 0.717) is 6.29 Å². The molecule has 13 unspecified atom stereocenters. The van der Waals surface area contributed by atoms with Crippen LogP contribution >= 0.6 is 0 Å². The molecule has 2 aliphatic heterocycles. The molecule has 3 rings (SSSR count). The van der Waals surface area contributed by atoms with Crippen LogP contribution in [0.5, 0.6) is 0 Å². The Labute approximate surface area is 251 Å². The van der Waals surface area contributed by atoms with Crippen LogP contribution in [0, 0.1) is 73.7 Å². The zero-order valence-electron chi connectivity index (χ0n) is 22.3. The number of rotatable bonds is 6. The molecule has 1 radical (unpaired) electrons. The van der Waals surface area contributed by atoms with E-state index < -0.39 is 30.5 Å². The summed E-state index contributed by atoms with van der Waals surface area (Å²) in [6.07, 6.45) is 0.0317. The van der Waals surface area contributed by atoms with E-state index in [1.165, 1.54) is 0 Å². The first kappa shape index (κ1) is 36.8. The molecule has 3 aliphatic rings. The van der Waals surface area contributed by atoms with Gasteiger partial charge < -0.3 is 50.6 Å². The molecule has 36 heavy (non-hydrogen) atoms. The fraction of sp³-hybridized carbons (Fsp3) is 0.960. The number of hydrogen-bond donors (Lipinski definition) is 6. The molecule has 13 atom stereocenters. The fourth-order valence-corrected chi connectivity index (χ4v) is 5.08. The van der Waals surface area contributed by atoms with Gasteiger partial charge in [-0.15, -0.1) is 6.04 Å². The van der Waals surface area contributed by atoms with Crippen molar-refractivity contribution in [2.45, 2.75) is 103 Å². The Hall–Kier alpha value is 0.752. The molecule has 2 saturated heterocycles. The molecule has 0 aromatic heterocycles. The van der Waals surface area contributed by atoms with Gasteiger partial charge in [0.1, 0.15) is 6.10 Å². The van der Waals surface area contributed by atoms with Crippen LogP contribution in [0.15, 0.2) is 0 Å². The van der Waals surface area contributed by atoms with Gasteiger partial charge in [0.15, 0.2) is 6.29 Å². The number of carbonyl (C=O) groups excluding carboxylic acids is 1. The molecule has 211 valence electrons. The van der Waals surface area contributed by atoms with Crippen LogP contribution in [0.3, 0.4) is 0 Å². The molecule has 7 N–H and O–H groups in total. The number of aliphatic hydroxyl groups is 6. The SMILES string of the molecule is CC1C(CO)OC(C=O)C1O.CCC1CC(CO)C(C)C(O)C1[NH-].CCC1OC(CO)C(C)C1O.[Ac]. The van der Waals surface area contributed by atoms with Crippen molar-refractivity contribution >= 4 is 6.29 Å². The van der Waals surface area contributed by atoms with E-state index in [-0.39, 0.29) is 112 Å². The number of ether oxygens (including phenoxy) is 2. The van der Waals surface area contributed by atoms with Gasteiger partial charge in [0.25, 0.3) is 0 Å². The Morgan fingerprint density at radius 1 is 0.750 bits per heavy atom. The van der Waals surface area contributed by atoms with Crippen LogP contribution in [-0.2, 0) is 14.3 Å². The molecular weight excluding hydrogens is 685 g/mol. The maximum Gasteiger partial charge on any atom is 0.151 e. The third-order valence-electron chi connectivity index (χ3n) is 8.07. The maximum absolute atomic E-state index is 10.3. The largest absolute Gasteiger partial charge is 0.672 e. The van der Waals surface area contributed by atoms with Gasteiger partial charge in [-0.1, -0.05) is 47.0 Å². The predicted octanol–water partition coefficient (Wildman–Crippen LogP) is 0.538. The Bertz CT molecular complexity index is 566. The van der Waals surface area contributed by atoms with Gasteiger partial charge in [-0.2, -0.15) is 0 Å². The summed E-state index contributed by atoms with van der Waals surface area (Å²) in [7, 11) is 0. The Morgan fingerprint density at radius 2 is 1.28 bits per heavy atom. The van der Waals surface area contributed by atoms with Gasteiger partial charge >= 0.3 is 0 Å². The van der Waals surface area contributed by atoms with E-state index in [4.69, 9.17) is 30.5 Å². The molecule has 0 bridgehead atoms. The van der Waals surface area contributed by atoms with Crippen LogP contribution in [0.25, 0.3) is 5.73 Å². The van der Waals surface area contributed by atoms with E-state index in [2.05, 4.69) is 0 Å². The Kier molecular flexibility index (Phi) is 18.5. The summed E-state index contributed by atoms with van der Waals surface area (Å²) in [5, 5.41) is 55.2. The van der Waals surface area contributed by atoms with Crippen LogP contribution < -0.4 is 0 Å². The summed E-state index contributed by atoms with van der Waals surface area (Å²) in [6, 6.07) is -0.359. The molecule has 0 aromatic carbocycles. The van der Waals surface area contributed by atoms with Gasteiger partial charge in [0.05, 0.1) is 43.7 Å². The van der Waals surface area contributed by atoms with Crippen LogP contribution in [0.4, 0.5) is 0 Å². The van der Waals surface area contributed by atoms with E-state index in [0.717, 1.165) is 19.3 Å². The Morgan fingerprint density at radius 3 is 1.61 bits per heavy atom. The summed E-state index contributed by atoms with van der Waals surface area (Å²) in [5.74, 6) is 0.389. The standard InChI is InChI=1S/C10H20NO2.C8H16O3.C7H12O4.Ac/c1-3-7-4-8(5-12)6(2)10(13)9(7)11;1-3-6-8(10)5(2)7(4-9)11-6;1-4-5(2-8)11-6(3-9)7(4)10;/h6-13H,3-5H2,1-2H3;5-10H,3-4H2,1-2H3;3-8,10H,2H2,1H3;/q-1;;;. The molecule has 2 heterocycles. The van der Waals surface area contributed by atoms with Crippen molar-refractivity contribution in [3.8, 4) is 0 Å². The first-order valence-corrected chi connectivity index (χ1v) is 12.9. The first-order valence-electron chi connectivity index (χ1n) is 12.9. The number of aliphatic hydroxyl groups excluding tert-OH is 6. The van der Waals surface area contributed by atoms with Crippen molar-refractivity contribution in [2.75, 3.05) is 19.8 Å². The normalized spacial score (nSPS) is 43.9. The molecule has 0 amide bonds. The third kappa shape index (κ3) is 9.44. The van der Waals surface area contributed by atoms with E-state index >= 15 is 0 Å². The van der Waals surface area contributed by atoms with Gasteiger partial charge in [0.2, 0.25) is 0 Å². The van der Waals surface area contributed by atoms with Gasteiger partial charge in [0, 0.05) is 68.6 Å². The van der Waals surface area contributed by atoms with Crippen molar-refractivity contribution in [3.63, 3.8) is 0 Å². The summed E-state index contributed by atoms with van der Waals surface area (Å²) in [5.41, 5.74) is 7.80. The maximum atomic E-state index is 10.3. The quantitative estimate of drug-likeness (QED) is 0.213. The zero-order chi connectivity index (χ0) is 26.9. The van der Waals surface area contributed by atoms with Crippen LogP contribution in [-0.4, -0.2) is 106 Å². The topological polar surface area (TPSA) is 181 Å². The molecule has 1 aliphatic carbocycles. The van der Waals surface area contributed by atoms with E-state index in [9.17, 15) is 20.1 Å². The fourth-order valence-electron chi connectivity index (χ4n) is 5.08. The third-order valence-corrected chi connectivity index (χ3v) is 8.07. The number of hydrogen-bond acceptors (Lipinski definition) is 9. The average molecular weight is 734 g/mol. The van der Waals surface area contributed by atoms with Crippen LogP contribution in [0.1, 0.15) is 53.9 Å². The van der Waals surface area contributed by atoms with Crippen molar-refractivity contribution in [2.24, 2.45) is 29.6 Å². The second kappa shape index (κ2) is 18.2. The van der Waals surface area contributed by atoms with Gasteiger partial charge in [-0.05, 0) is 24.7 Å². The minimum absolute atomic E-state index is 0. The molecular formula is C25H48AcNO9-. The molecule has 0 aromatic rings. The van der Waals surface area contributed by atoms with Crippen LogP contribution in [0.2, 0.25) is 0 Å². The Balaban J connectivity index is 0.000000506. The number of carbonyl (C=O) groups is 1. The van der Waals surface area contributed by atoms with Gasteiger partial charge in [-0.25, -0.2) is 0 Å². The van der Waals surface area contributed by atoms with Crippen molar-refractivity contribution in [1.82, 2.24) is 0 Å². The molecule has 10 nitrogen and oxygen atoms in total. The van der Waals surface area contributed by atoms with E-state index in [1.54, 1.807) is 6.92 Å².